The minimum Gasteiger partial charge on any atom is -0.464 e. The summed E-state index contributed by atoms with van der Waals surface area (Å²) in [4.78, 5) is 11.3. The molecule has 0 aliphatic carbocycles. The topological polar surface area (TPSA) is 77.5 Å². The molecule has 1 aromatic heterocycles. The summed E-state index contributed by atoms with van der Waals surface area (Å²) in [5.74, 6) is 0. The van der Waals surface area contributed by atoms with Crippen molar-refractivity contribution < 1.29 is 13.9 Å². The van der Waals surface area contributed by atoms with Gasteiger partial charge in [0.15, 0.2) is 0 Å². The first-order valence-corrected chi connectivity index (χ1v) is 6.43. The molecule has 0 saturated carbocycles. The number of hydrogen-bond acceptors (Lipinski definition) is 4. The van der Waals surface area contributed by atoms with Gasteiger partial charge in [0.05, 0.1) is 6.26 Å². The molecule has 0 aliphatic rings. The zero-order valence-corrected chi connectivity index (χ0v) is 11.2. The van der Waals surface area contributed by atoms with Crippen molar-refractivity contribution in [2.75, 3.05) is 13.2 Å². The lowest BCUT2D eigenvalue weighted by atomic mass is 10.1. The third-order valence-electron chi connectivity index (χ3n) is 2.88. The van der Waals surface area contributed by atoms with Crippen LogP contribution in [0.15, 0.2) is 47.6 Å². The maximum Gasteiger partial charge on any atom is 0.407 e. The van der Waals surface area contributed by atoms with Gasteiger partial charge in [-0.2, -0.15) is 0 Å². The first-order chi connectivity index (χ1) is 9.70. The number of benzene rings is 1. The fourth-order valence-electron chi connectivity index (χ4n) is 1.95. The number of ether oxygens (including phenoxy) is 1. The normalized spacial score (nSPS) is 12.1. The molecule has 0 fully saturated rings. The SMILES string of the molecule is C=CCOC(=O)NC[C@@H](N)Cc1coc2ccccc12. The Morgan fingerprint density at radius 2 is 2.30 bits per heavy atom. The van der Waals surface area contributed by atoms with Crippen LogP contribution in [0.3, 0.4) is 0 Å². The second kappa shape index (κ2) is 6.77. The van der Waals surface area contributed by atoms with Gasteiger partial charge in [-0.1, -0.05) is 30.9 Å². The van der Waals surface area contributed by atoms with Gasteiger partial charge in [-0.3, -0.25) is 0 Å². The van der Waals surface area contributed by atoms with E-state index in [1.165, 1.54) is 6.08 Å². The number of furan rings is 1. The smallest absolute Gasteiger partial charge is 0.407 e. The number of carbonyl (C=O) groups is 1. The van der Waals surface area contributed by atoms with Crippen LogP contribution in [0.4, 0.5) is 4.79 Å². The van der Waals surface area contributed by atoms with Gasteiger partial charge in [-0.05, 0) is 18.1 Å². The average Bonchev–Trinajstić information content (AvgIpc) is 2.86. The number of amides is 1. The Hall–Kier alpha value is -2.27. The predicted molar refractivity (Wildman–Crippen MR) is 77.4 cm³/mol. The van der Waals surface area contributed by atoms with Gasteiger partial charge in [-0.15, -0.1) is 0 Å². The van der Waals surface area contributed by atoms with Gasteiger partial charge in [0.2, 0.25) is 0 Å². The van der Waals surface area contributed by atoms with E-state index in [4.69, 9.17) is 14.9 Å². The number of rotatable bonds is 6. The molecule has 5 nitrogen and oxygen atoms in total. The van der Waals surface area contributed by atoms with Crippen LogP contribution in [0, 0.1) is 0 Å². The van der Waals surface area contributed by atoms with Gasteiger partial charge in [-0.25, -0.2) is 4.79 Å². The molecular formula is C15H18N2O3. The van der Waals surface area contributed by atoms with Crippen molar-refractivity contribution >= 4 is 17.1 Å². The molecule has 0 aliphatic heterocycles. The molecule has 2 rings (SSSR count). The van der Waals surface area contributed by atoms with Crippen molar-refractivity contribution in [2.45, 2.75) is 12.5 Å². The molecule has 0 radical (unpaired) electrons. The highest BCUT2D eigenvalue weighted by Gasteiger charge is 2.11. The molecule has 106 valence electrons. The molecule has 0 bridgehead atoms. The van der Waals surface area contributed by atoms with Crippen molar-refractivity contribution in [3.05, 3.63) is 48.7 Å². The van der Waals surface area contributed by atoms with Crippen LogP contribution in [0.1, 0.15) is 5.56 Å². The van der Waals surface area contributed by atoms with Gasteiger partial charge in [0.25, 0.3) is 0 Å². The molecule has 5 heteroatoms. The van der Waals surface area contributed by atoms with Crippen molar-refractivity contribution in [3.63, 3.8) is 0 Å². The summed E-state index contributed by atoms with van der Waals surface area (Å²) in [6, 6.07) is 7.58. The van der Waals surface area contributed by atoms with Crippen LogP contribution in [-0.2, 0) is 11.2 Å². The van der Waals surface area contributed by atoms with E-state index in [0.29, 0.717) is 13.0 Å². The van der Waals surface area contributed by atoms with E-state index < -0.39 is 6.09 Å². The molecule has 1 heterocycles. The van der Waals surface area contributed by atoms with Crippen molar-refractivity contribution in [3.8, 4) is 0 Å². The molecule has 0 spiro atoms. The summed E-state index contributed by atoms with van der Waals surface area (Å²) in [5.41, 5.74) is 7.88. The Labute approximate surface area is 117 Å². The lowest BCUT2D eigenvalue weighted by molar-refractivity contribution is 0.157. The third kappa shape index (κ3) is 3.61. The number of alkyl carbamates (subject to hydrolysis) is 1. The van der Waals surface area contributed by atoms with E-state index in [9.17, 15) is 4.79 Å². The highest BCUT2D eigenvalue weighted by molar-refractivity contribution is 5.80. The molecule has 1 aromatic carbocycles. The Morgan fingerprint density at radius 3 is 3.10 bits per heavy atom. The Bertz CT molecular complexity index is 592. The summed E-state index contributed by atoms with van der Waals surface area (Å²) < 4.78 is 10.3. The van der Waals surface area contributed by atoms with Gasteiger partial charge in [0.1, 0.15) is 12.2 Å². The second-order valence-corrected chi connectivity index (χ2v) is 4.49. The minimum atomic E-state index is -0.489. The van der Waals surface area contributed by atoms with Crippen LogP contribution >= 0.6 is 0 Å². The number of fused-ring (bicyclic) bond motifs is 1. The number of carbonyl (C=O) groups excluding carboxylic acids is 1. The summed E-state index contributed by atoms with van der Waals surface area (Å²) in [6.07, 6.45) is 3.36. The quantitative estimate of drug-likeness (QED) is 0.792. The zero-order chi connectivity index (χ0) is 14.4. The van der Waals surface area contributed by atoms with E-state index in [2.05, 4.69) is 11.9 Å². The third-order valence-corrected chi connectivity index (χ3v) is 2.88. The number of hydrogen-bond donors (Lipinski definition) is 2. The lowest BCUT2D eigenvalue weighted by Gasteiger charge is -2.11. The molecular weight excluding hydrogens is 256 g/mol. The Morgan fingerprint density at radius 1 is 1.50 bits per heavy atom. The number of para-hydroxylation sites is 1. The predicted octanol–water partition coefficient (Wildman–Crippen LogP) is 2.21. The first kappa shape index (κ1) is 14.1. The maximum absolute atomic E-state index is 11.3. The number of nitrogens with two attached hydrogens (primary N) is 1. The van der Waals surface area contributed by atoms with Crippen LogP contribution < -0.4 is 11.1 Å². The van der Waals surface area contributed by atoms with Crippen molar-refractivity contribution in [1.29, 1.82) is 0 Å². The van der Waals surface area contributed by atoms with Crippen LogP contribution in [0.5, 0.6) is 0 Å². The fraction of sp³-hybridized carbons (Fsp3) is 0.267. The second-order valence-electron chi connectivity index (χ2n) is 4.49. The number of nitrogens with one attached hydrogen (secondary N) is 1. The van der Waals surface area contributed by atoms with E-state index in [0.717, 1.165) is 16.5 Å². The molecule has 2 aromatic rings. The summed E-state index contributed by atoms with van der Waals surface area (Å²) in [7, 11) is 0. The average molecular weight is 274 g/mol. The largest absolute Gasteiger partial charge is 0.464 e. The van der Waals surface area contributed by atoms with Gasteiger partial charge >= 0.3 is 6.09 Å². The van der Waals surface area contributed by atoms with E-state index in [-0.39, 0.29) is 12.6 Å². The van der Waals surface area contributed by atoms with Crippen LogP contribution in [-0.4, -0.2) is 25.3 Å². The van der Waals surface area contributed by atoms with Gasteiger partial charge < -0.3 is 20.2 Å². The van der Waals surface area contributed by atoms with Crippen LogP contribution in [0.2, 0.25) is 0 Å². The Kier molecular flexibility index (Phi) is 4.79. The summed E-state index contributed by atoms with van der Waals surface area (Å²) in [5, 5.41) is 3.67. The highest BCUT2D eigenvalue weighted by atomic mass is 16.5. The molecule has 0 saturated heterocycles. The summed E-state index contributed by atoms with van der Waals surface area (Å²) in [6.45, 7) is 4.00. The molecule has 1 atom stereocenters. The highest BCUT2D eigenvalue weighted by Crippen LogP contribution is 2.21. The van der Waals surface area contributed by atoms with Crippen molar-refractivity contribution in [1.82, 2.24) is 5.32 Å². The Balaban J connectivity index is 1.86. The molecule has 3 N–H and O–H groups in total. The standard InChI is InChI=1S/C15H18N2O3/c1-2-7-19-15(18)17-9-12(16)8-11-10-20-14-6-4-3-5-13(11)14/h2-6,10,12H,1,7-9,16H2,(H,17,18)/t12-/m0/s1. The maximum atomic E-state index is 11.3. The molecule has 20 heavy (non-hydrogen) atoms. The van der Waals surface area contributed by atoms with E-state index in [1.54, 1.807) is 6.26 Å². The van der Waals surface area contributed by atoms with Gasteiger partial charge in [0, 0.05) is 18.0 Å². The fourth-order valence-corrected chi connectivity index (χ4v) is 1.95. The minimum absolute atomic E-state index is 0.188. The zero-order valence-electron chi connectivity index (χ0n) is 11.2. The van der Waals surface area contributed by atoms with Crippen molar-refractivity contribution in [2.24, 2.45) is 5.73 Å². The molecule has 0 unspecified atom stereocenters. The van der Waals surface area contributed by atoms with E-state index in [1.807, 2.05) is 24.3 Å². The van der Waals surface area contributed by atoms with E-state index >= 15 is 0 Å². The summed E-state index contributed by atoms with van der Waals surface area (Å²) >= 11 is 0. The molecule has 1 amide bonds. The lowest BCUT2D eigenvalue weighted by Crippen LogP contribution is -2.38. The van der Waals surface area contributed by atoms with Crippen LogP contribution in [0.25, 0.3) is 11.0 Å². The first-order valence-electron chi connectivity index (χ1n) is 6.43. The monoisotopic (exact) mass is 274 g/mol.